The molecule has 0 aliphatic carbocycles. The molecule has 4 aromatic rings. The number of aromatic nitrogens is 1. The van der Waals surface area contributed by atoms with E-state index in [0.29, 0.717) is 5.02 Å². The van der Waals surface area contributed by atoms with Gasteiger partial charge < -0.3 is 5.11 Å². The number of aryl methyl sites for hydroxylation is 1. The molecule has 0 fully saturated rings. The van der Waals surface area contributed by atoms with Gasteiger partial charge in [-0.3, -0.25) is 0 Å². The third-order valence-corrected chi connectivity index (χ3v) is 6.46. The summed E-state index contributed by atoms with van der Waals surface area (Å²) in [6.45, 7) is 8.57. The highest BCUT2D eigenvalue weighted by Gasteiger charge is 2.22. The fraction of sp³-hybridized carbons (Fsp3) is 0.192. The Kier molecular flexibility index (Phi) is 5.44. The van der Waals surface area contributed by atoms with E-state index >= 15 is 0 Å². The standard InChI is InChI=1S/C26H24ClNOS/c1-16-9-8-12-21(27)23(16)22-15-30-25(28-22)20-14-18(26(2,3)4)13-19(24(20)29)17-10-6-5-7-11-17/h5-15,29H,1-4H3. The summed E-state index contributed by atoms with van der Waals surface area (Å²) in [5.74, 6) is 0.256. The topological polar surface area (TPSA) is 33.1 Å². The lowest BCUT2D eigenvalue weighted by molar-refractivity contribution is 0.478. The van der Waals surface area contributed by atoms with Crippen molar-refractivity contribution in [2.75, 3.05) is 0 Å². The molecule has 0 unspecified atom stereocenters. The highest BCUT2D eigenvalue weighted by molar-refractivity contribution is 7.13. The number of phenols is 1. The van der Waals surface area contributed by atoms with Crippen molar-refractivity contribution >= 4 is 22.9 Å². The predicted octanol–water partition coefficient (Wildman–Crippen LogP) is 8.11. The van der Waals surface area contributed by atoms with Crippen LogP contribution in [0.5, 0.6) is 5.75 Å². The maximum Gasteiger partial charge on any atom is 0.133 e. The van der Waals surface area contributed by atoms with Crippen LogP contribution in [0.3, 0.4) is 0 Å². The van der Waals surface area contributed by atoms with Crippen molar-refractivity contribution in [2.45, 2.75) is 33.1 Å². The van der Waals surface area contributed by atoms with Gasteiger partial charge in [0.05, 0.1) is 16.3 Å². The number of nitrogens with zero attached hydrogens (tertiary/aromatic N) is 1. The Hall–Kier alpha value is -2.62. The van der Waals surface area contributed by atoms with Crippen LogP contribution < -0.4 is 0 Å². The van der Waals surface area contributed by atoms with Gasteiger partial charge in [0.2, 0.25) is 0 Å². The fourth-order valence-electron chi connectivity index (χ4n) is 3.54. The van der Waals surface area contributed by atoms with Crippen LogP contribution >= 0.6 is 22.9 Å². The smallest absolute Gasteiger partial charge is 0.133 e. The fourth-order valence-corrected chi connectivity index (χ4v) is 4.68. The molecule has 0 atom stereocenters. The first-order valence-corrected chi connectivity index (χ1v) is 11.2. The van der Waals surface area contributed by atoms with Gasteiger partial charge in [0, 0.05) is 16.5 Å². The number of benzene rings is 3. The first-order chi connectivity index (χ1) is 14.3. The third-order valence-electron chi connectivity index (χ3n) is 5.27. The van der Waals surface area contributed by atoms with E-state index in [1.54, 1.807) is 0 Å². The van der Waals surface area contributed by atoms with E-state index in [0.717, 1.165) is 44.1 Å². The van der Waals surface area contributed by atoms with E-state index in [-0.39, 0.29) is 11.2 Å². The van der Waals surface area contributed by atoms with Gasteiger partial charge in [-0.05, 0) is 47.2 Å². The summed E-state index contributed by atoms with van der Waals surface area (Å²) in [5.41, 5.74) is 6.51. The number of aromatic hydroxyl groups is 1. The van der Waals surface area contributed by atoms with Crippen molar-refractivity contribution in [1.29, 1.82) is 0 Å². The summed E-state index contributed by atoms with van der Waals surface area (Å²) >= 11 is 7.98. The molecule has 1 heterocycles. The minimum Gasteiger partial charge on any atom is -0.507 e. The van der Waals surface area contributed by atoms with Crippen molar-refractivity contribution in [1.82, 2.24) is 4.98 Å². The number of rotatable bonds is 3. The van der Waals surface area contributed by atoms with Crippen LogP contribution in [0.2, 0.25) is 5.02 Å². The molecule has 2 nitrogen and oxygen atoms in total. The zero-order valence-electron chi connectivity index (χ0n) is 17.5. The first kappa shape index (κ1) is 20.6. The third kappa shape index (κ3) is 3.88. The minimum absolute atomic E-state index is 0.0641. The van der Waals surface area contributed by atoms with E-state index in [2.05, 4.69) is 32.9 Å². The van der Waals surface area contributed by atoms with Crippen molar-refractivity contribution < 1.29 is 5.11 Å². The quantitative estimate of drug-likeness (QED) is 0.354. The second kappa shape index (κ2) is 7.90. The molecule has 0 saturated carbocycles. The highest BCUT2D eigenvalue weighted by Crippen LogP contribution is 2.44. The molecular formula is C26H24ClNOS. The molecule has 0 bridgehead atoms. The van der Waals surface area contributed by atoms with Gasteiger partial charge in [-0.2, -0.15) is 0 Å². The Bertz CT molecular complexity index is 1190. The Morgan fingerprint density at radius 1 is 0.933 bits per heavy atom. The van der Waals surface area contributed by atoms with Gasteiger partial charge in [-0.15, -0.1) is 11.3 Å². The second-order valence-corrected chi connectivity index (χ2v) is 9.77. The van der Waals surface area contributed by atoms with Crippen molar-refractivity contribution in [3.05, 3.63) is 82.2 Å². The lowest BCUT2D eigenvalue weighted by atomic mass is 9.83. The van der Waals surface area contributed by atoms with Gasteiger partial charge in [-0.1, -0.05) is 74.8 Å². The van der Waals surface area contributed by atoms with Crippen LogP contribution in [-0.2, 0) is 5.41 Å². The summed E-state index contributed by atoms with van der Waals surface area (Å²) in [4.78, 5) is 4.87. The van der Waals surface area contributed by atoms with Crippen LogP contribution in [0.25, 0.3) is 33.0 Å². The van der Waals surface area contributed by atoms with Crippen LogP contribution in [-0.4, -0.2) is 10.1 Å². The molecule has 4 heteroatoms. The molecule has 4 rings (SSSR count). The van der Waals surface area contributed by atoms with Gasteiger partial charge in [0.25, 0.3) is 0 Å². The van der Waals surface area contributed by atoms with Crippen molar-refractivity contribution in [2.24, 2.45) is 0 Å². The Morgan fingerprint density at radius 3 is 2.30 bits per heavy atom. The molecule has 1 N–H and O–H groups in total. The molecule has 0 aliphatic rings. The molecule has 152 valence electrons. The van der Waals surface area contributed by atoms with Gasteiger partial charge in [-0.25, -0.2) is 4.98 Å². The van der Waals surface area contributed by atoms with E-state index in [9.17, 15) is 5.11 Å². The number of hydrogen-bond donors (Lipinski definition) is 1. The molecule has 1 aromatic heterocycles. The van der Waals surface area contributed by atoms with Crippen molar-refractivity contribution in [3.8, 4) is 38.7 Å². The number of phenolic OH excluding ortho intramolecular Hbond substituents is 1. The molecule has 0 amide bonds. The number of halogens is 1. The average Bonchev–Trinajstić information content (AvgIpc) is 3.17. The molecule has 30 heavy (non-hydrogen) atoms. The Labute approximate surface area is 186 Å². The lowest BCUT2D eigenvalue weighted by Crippen LogP contribution is -2.11. The monoisotopic (exact) mass is 433 g/mol. The zero-order chi connectivity index (χ0) is 21.5. The summed E-state index contributed by atoms with van der Waals surface area (Å²) < 4.78 is 0. The molecular weight excluding hydrogens is 410 g/mol. The Balaban J connectivity index is 1.90. The molecule has 0 saturated heterocycles. The van der Waals surface area contributed by atoms with E-state index < -0.39 is 0 Å². The largest absolute Gasteiger partial charge is 0.507 e. The predicted molar refractivity (Wildman–Crippen MR) is 129 cm³/mol. The first-order valence-electron chi connectivity index (χ1n) is 9.90. The summed E-state index contributed by atoms with van der Waals surface area (Å²) in [5, 5.41) is 14.7. The molecule has 0 aliphatic heterocycles. The number of thiazole rings is 1. The van der Waals surface area contributed by atoms with Crippen LogP contribution in [0.4, 0.5) is 0 Å². The SMILES string of the molecule is Cc1cccc(Cl)c1-c1csc(-c2cc(C(C)(C)C)cc(-c3ccccc3)c2O)n1. The van der Waals surface area contributed by atoms with Gasteiger partial charge in [0.15, 0.2) is 0 Å². The average molecular weight is 434 g/mol. The molecule has 0 radical (unpaired) electrons. The van der Waals surface area contributed by atoms with Crippen LogP contribution in [0.15, 0.2) is 66.0 Å². The van der Waals surface area contributed by atoms with Crippen molar-refractivity contribution in [3.63, 3.8) is 0 Å². The minimum atomic E-state index is -0.0641. The second-order valence-electron chi connectivity index (χ2n) is 8.51. The summed E-state index contributed by atoms with van der Waals surface area (Å²) in [6.07, 6.45) is 0. The maximum atomic E-state index is 11.2. The summed E-state index contributed by atoms with van der Waals surface area (Å²) in [6, 6.07) is 20.0. The lowest BCUT2D eigenvalue weighted by Gasteiger charge is -2.22. The van der Waals surface area contributed by atoms with E-state index in [4.69, 9.17) is 16.6 Å². The van der Waals surface area contributed by atoms with Gasteiger partial charge in [0.1, 0.15) is 10.8 Å². The maximum absolute atomic E-state index is 11.2. The van der Waals surface area contributed by atoms with E-state index in [1.807, 2.05) is 60.8 Å². The van der Waals surface area contributed by atoms with Crippen LogP contribution in [0.1, 0.15) is 31.9 Å². The molecule has 0 spiro atoms. The molecule has 3 aromatic carbocycles. The summed E-state index contributed by atoms with van der Waals surface area (Å²) in [7, 11) is 0. The zero-order valence-corrected chi connectivity index (χ0v) is 19.1. The van der Waals surface area contributed by atoms with Gasteiger partial charge >= 0.3 is 0 Å². The highest BCUT2D eigenvalue weighted by atomic mass is 35.5. The number of hydrogen-bond acceptors (Lipinski definition) is 3. The normalized spacial score (nSPS) is 11.6. The van der Waals surface area contributed by atoms with E-state index in [1.165, 1.54) is 11.3 Å². The van der Waals surface area contributed by atoms with Crippen LogP contribution in [0, 0.1) is 6.92 Å². The Morgan fingerprint density at radius 2 is 1.63 bits per heavy atom.